The highest BCUT2D eigenvalue weighted by Crippen LogP contribution is 2.47. The summed E-state index contributed by atoms with van der Waals surface area (Å²) in [5.74, 6) is 3.45. The summed E-state index contributed by atoms with van der Waals surface area (Å²) in [7, 11) is 3.66. The van der Waals surface area contributed by atoms with Crippen molar-refractivity contribution in [1.82, 2.24) is 25.4 Å². The zero-order chi connectivity index (χ0) is 23.1. The predicted molar refractivity (Wildman–Crippen MR) is 147 cm³/mol. The zero-order valence-electron chi connectivity index (χ0n) is 20.3. The van der Waals surface area contributed by atoms with Gasteiger partial charge in [-0.25, -0.2) is 4.99 Å². The highest BCUT2D eigenvalue weighted by Gasteiger charge is 2.42. The molecular weight excluding hydrogens is 539 g/mol. The van der Waals surface area contributed by atoms with E-state index >= 15 is 0 Å². The maximum Gasteiger partial charge on any atom is 0.191 e. The van der Waals surface area contributed by atoms with E-state index in [2.05, 4.69) is 63.3 Å². The minimum Gasteiger partial charge on any atom is -0.497 e. The van der Waals surface area contributed by atoms with Crippen LogP contribution in [0.4, 0.5) is 0 Å². The first-order chi connectivity index (χ1) is 16.1. The fraction of sp³-hybridized carbons (Fsp3) is 0.423. The van der Waals surface area contributed by atoms with Gasteiger partial charge in [0.2, 0.25) is 0 Å². The molecule has 2 aromatic carbocycles. The van der Waals surface area contributed by atoms with E-state index in [9.17, 15) is 0 Å². The summed E-state index contributed by atoms with van der Waals surface area (Å²) in [6.45, 7) is 4.14. The Balaban J connectivity index is 0.00000324. The number of methoxy groups -OCH3 is 1. The third-order valence-electron chi connectivity index (χ3n) is 6.44. The summed E-state index contributed by atoms with van der Waals surface area (Å²) in [5.41, 5.74) is 2.98. The topological polar surface area (TPSA) is 76.4 Å². The zero-order valence-corrected chi connectivity index (χ0v) is 22.6. The van der Waals surface area contributed by atoms with E-state index in [1.807, 2.05) is 30.7 Å². The summed E-state index contributed by atoms with van der Waals surface area (Å²) in [6.07, 6.45) is 4.50. The minimum atomic E-state index is 0. The maximum atomic E-state index is 5.25. The number of guanidine groups is 1. The van der Waals surface area contributed by atoms with Gasteiger partial charge in [-0.05, 0) is 61.3 Å². The molecule has 0 bridgehead atoms. The van der Waals surface area contributed by atoms with E-state index in [-0.39, 0.29) is 24.0 Å². The lowest BCUT2D eigenvalue weighted by molar-refractivity contribution is 0.414. The smallest absolute Gasteiger partial charge is 0.191 e. The average molecular weight is 575 g/mol. The van der Waals surface area contributed by atoms with Crippen molar-refractivity contribution in [2.75, 3.05) is 20.2 Å². The Labute approximate surface area is 219 Å². The van der Waals surface area contributed by atoms with Crippen LogP contribution < -0.4 is 15.4 Å². The van der Waals surface area contributed by atoms with Crippen LogP contribution in [0.25, 0.3) is 0 Å². The summed E-state index contributed by atoms with van der Waals surface area (Å²) in [5, 5.41) is 15.5. The van der Waals surface area contributed by atoms with Gasteiger partial charge in [-0.15, -0.1) is 34.2 Å². The first-order valence-electron chi connectivity index (χ1n) is 11.6. The van der Waals surface area contributed by atoms with Crippen LogP contribution in [-0.2, 0) is 26.4 Å². The number of aliphatic imine (C=N–C) groups is 1. The molecule has 1 aliphatic carbocycles. The molecule has 4 rings (SSSR count). The Hall–Kier alpha value is -2.62. The van der Waals surface area contributed by atoms with E-state index in [0.717, 1.165) is 49.3 Å². The molecule has 1 aliphatic rings. The van der Waals surface area contributed by atoms with Crippen LogP contribution in [-0.4, -0.2) is 40.9 Å². The van der Waals surface area contributed by atoms with Crippen LogP contribution in [0.3, 0.4) is 0 Å². The summed E-state index contributed by atoms with van der Waals surface area (Å²) in [4.78, 5) is 4.82. The van der Waals surface area contributed by atoms with Crippen molar-refractivity contribution in [2.24, 2.45) is 17.5 Å². The molecule has 0 spiro atoms. The molecule has 7 nitrogen and oxygen atoms in total. The largest absolute Gasteiger partial charge is 0.497 e. The monoisotopic (exact) mass is 574 g/mol. The number of hydrogen-bond acceptors (Lipinski definition) is 4. The van der Waals surface area contributed by atoms with Crippen molar-refractivity contribution in [1.29, 1.82) is 0 Å². The van der Waals surface area contributed by atoms with Gasteiger partial charge in [-0.3, -0.25) is 0 Å². The molecule has 0 unspecified atom stereocenters. The Bertz CT molecular complexity index is 1060. The third kappa shape index (κ3) is 7.19. The SMILES string of the molecule is COc1ccc(CCNC(=NCc2nnc(C)n2C)NCC2(Cc3ccccc3)CC2)cc1.I. The minimum absolute atomic E-state index is 0. The fourth-order valence-corrected chi connectivity index (χ4v) is 3.92. The van der Waals surface area contributed by atoms with Crippen LogP contribution in [0.2, 0.25) is 0 Å². The van der Waals surface area contributed by atoms with E-state index in [4.69, 9.17) is 9.73 Å². The Kier molecular flexibility index (Phi) is 9.32. The first kappa shape index (κ1) is 26.0. The lowest BCUT2D eigenvalue weighted by Gasteiger charge is -2.19. The van der Waals surface area contributed by atoms with Crippen molar-refractivity contribution < 1.29 is 4.74 Å². The molecule has 0 aliphatic heterocycles. The number of rotatable bonds is 10. The number of nitrogens with zero attached hydrogens (tertiary/aromatic N) is 4. The predicted octanol–water partition coefficient (Wildman–Crippen LogP) is 4.05. The number of ether oxygens (including phenoxy) is 1. The molecule has 1 heterocycles. The second-order valence-corrected chi connectivity index (χ2v) is 8.93. The molecule has 1 aromatic heterocycles. The second kappa shape index (κ2) is 12.2. The Morgan fingerprint density at radius 2 is 1.76 bits per heavy atom. The van der Waals surface area contributed by atoms with Gasteiger partial charge in [0.05, 0.1) is 7.11 Å². The Morgan fingerprint density at radius 3 is 2.38 bits per heavy atom. The number of halogens is 1. The van der Waals surface area contributed by atoms with Gasteiger partial charge in [0.1, 0.15) is 18.1 Å². The molecule has 34 heavy (non-hydrogen) atoms. The van der Waals surface area contributed by atoms with E-state index < -0.39 is 0 Å². The number of aryl methyl sites for hydroxylation is 1. The molecule has 0 radical (unpaired) electrons. The highest BCUT2D eigenvalue weighted by molar-refractivity contribution is 14.0. The van der Waals surface area contributed by atoms with Gasteiger partial charge >= 0.3 is 0 Å². The van der Waals surface area contributed by atoms with E-state index in [0.29, 0.717) is 12.0 Å². The van der Waals surface area contributed by atoms with Gasteiger partial charge in [0.15, 0.2) is 11.8 Å². The molecule has 0 amide bonds. The van der Waals surface area contributed by atoms with Crippen molar-refractivity contribution in [3.63, 3.8) is 0 Å². The average Bonchev–Trinajstić information content (AvgIpc) is 3.54. The highest BCUT2D eigenvalue weighted by atomic mass is 127. The van der Waals surface area contributed by atoms with Crippen molar-refractivity contribution in [3.8, 4) is 5.75 Å². The van der Waals surface area contributed by atoms with E-state index in [1.54, 1.807) is 7.11 Å². The van der Waals surface area contributed by atoms with Crippen molar-refractivity contribution in [3.05, 3.63) is 77.4 Å². The van der Waals surface area contributed by atoms with Crippen molar-refractivity contribution in [2.45, 2.75) is 39.2 Å². The van der Waals surface area contributed by atoms with Gasteiger partial charge in [0, 0.05) is 20.1 Å². The lowest BCUT2D eigenvalue weighted by Crippen LogP contribution is -2.41. The van der Waals surface area contributed by atoms with Gasteiger partial charge in [0.25, 0.3) is 0 Å². The number of aromatic nitrogens is 3. The van der Waals surface area contributed by atoms with Crippen LogP contribution in [0.1, 0.15) is 35.6 Å². The first-order valence-corrected chi connectivity index (χ1v) is 11.6. The quantitative estimate of drug-likeness (QED) is 0.217. The van der Waals surface area contributed by atoms with Crippen LogP contribution >= 0.6 is 24.0 Å². The molecule has 182 valence electrons. The summed E-state index contributed by atoms with van der Waals surface area (Å²) in [6, 6.07) is 19.0. The maximum absolute atomic E-state index is 5.25. The fourth-order valence-electron chi connectivity index (χ4n) is 3.92. The molecule has 1 saturated carbocycles. The second-order valence-electron chi connectivity index (χ2n) is 8.93. The molecule has 2 N–H and O–H groups in total. The normalized spacial score (nSPS) is 14.3. The molecule has 3 aromatic rings. The number of hydrogen-bond donors (Lipinski definition) is 2. The van der Waals surface area contributed by atoms with Gasteiger partial charge < -0.3 is 19.9 Å². The number of benzene rings is 2. The molecule has 1 fully saturated rings. The van der Waals surface area contributed by atoms with Crippen LogP contribution in [0.15, 0.2) is 59.6 Å². The van der Waals surface area contributed by atoms with Crippen LogP contribution in [0.5, 0.6) is 5.75 Å². The van der Waals surface area contributed by atoms with Gasteiger partial charge in [-0.1, -0.05) is 42.5 Å². The standard InChI is InChI=1S/C26H34N6O.HI/c1-20-30-31-24(32(20)2)18-28-25(27-16-13-21-9-11-23(33-3)12-10-21)29-19-26(14-15-26)17-22-7-5-4-6-8-22;/h4-12H,13-19H2,1-3H3,(H2,27,28,29);1H. The van der Waals surface area contributed by atoms with E-state index in [1.165, 1.54) is 24.0 Å². The third-order valence-corrected chi connectivity index (χ3v) is 6.44. The van der Waals surface area contributed by atoms with Crippen LogP contribution in [0, 0.1) is 12.3 Å². The Morgan fingerprint density at radius 1 is 1.03 bits per heavy atom. The summed E-state index contributed by atoms with van der Waals surface area (Å²) < 4.78 is 7.23. The molecular formula is C26H35IN6O. The summed E-state index contributed by atoms with van der Waals surface area (Å²) >= 11 is 0. The number of nitrogens with one attached hydrogen (secondary N) is 2. The lowest BCUT2D eigenvalue weighted by atomic mass is 9.96. The molecule has 8 heteroatoms. The molecule has 0 saturated heterocycles. The molecule has 0 atom stereocenters. The van der Waals surface area contributed by atoms with Gasteiger partial charge in [-0.2, -0.15) is 0 Å². The van der Waals surface area contributed by atoms with Crippen molar-refractivity contribution >= 4 is 29.9 Å².